The van der Waals surface area contributed by atoms with Crippen LogP contribution < -0.4 is 0 Å². The number of phosphoric ester groups is 1. The molecule has 0 saturated carbocycles. The number of ether oxygens (including phenoxy) is 1. The van der Waals surface area contributed by atoms with Gasteiger partial charge in [0.05, 0.1) is 46.0 Å². The van der Waals surface area contributed by atoms with Gasteiger partial charge in [-0.1, -0.05) is 123 Å². The molecule has 3 saturated heterocycles. The van der Waals surface area contributed by atoms with Crippen LogP contribution in [0.5, 0.6) is 0 Å². The van der Waals surface area contributed by atoms with Gasteiger partial charge < -0.3 is 14.1 Å². The van der Waals surface area contributed by atoms with Crippen molar-refractivity contribution < 1.29 is 27.7 Å². The van der Waals surface area contributed by atoms with Gasteiger partial charge >= 0.3 is 7.82 Å². The van der Waals surface area contributed by atoms with Crippen molar-refractivity contribution >= 4 is 7.82 Å². The van der Waals surface area contributed by atoms with E-state index < -0.39 is 7.82 Å². The summed E-state index contributed by atoms with van der Waals surface area (Å²) in [6.07, 6.45) is 32.3. The van der Waals surface area contributed by atoms with Gasteiger partial charge in [-0.3, -0.25) is 9.05 Å². The standard InChI is InChI=1S/C37H74NO5P/c1-3-5-6-7-8-9-10-11-12-13-14-16-19-22-32-41-34-37(24-4-2)35-43-44(39,40)42-33-23-20-17-15-18-21-28-38-29-25-36(26-30-38)27-31-38/h36-37H,3-35H2,1-2H3/p+1. The van der Waals surface area contributed by atoms with E-state index in [1.165, 1.54) is 159 Å². The lowest BCUT2D eigenvalue weighted by Crippen LogP contribution is -2.58. The number of phosphoric acid groups is 1. The Balaban J connectivity index is 1.36. The van der Waals surface area contributed by atoms with Crippen LogP contribution in [0.1, 0.15) is 174 Å². The Labute approximate surface area is 274 Å². The first-order valence-corrected chi connectivity index (χ1v) is 21.0. The van der Waals surface area contributed by atoms with Crippen molar-refractivity contribution in [2.24, 2.45) is 11.8 Å². The molecular formula is C37H75NO5P+. The lowest BCUT2D eigenvalue weighted by Gasteiger charge is -2.49. The van der Waals surface area contributed by atoms with Crippen LogP contribution in [-0.4, -0.2) is 62.0 Å². The normalized spacial score (nSPS) is 21.9. The largest absolute Gasteiger partial charge is 0.472 e. The van der Waals surface area contributed by atoms with Crippen molar-refractivity contribution in [2.45, 2.75) is 174 Å². The molecule has 6 nitrogen and oxygen atoms in total. The van der Waals surface area contributed by atoms with Crippen LogP contribution in [0.15, 0.2) is 0 Å². The molecule has 2 unspecified atom stereocenters. The Morgan fingerprint density at radius 2 is 1.09 bits per heavy atom. The predicted octanol–water partition coefficient (Wildman–Crippen LogP) is 11.0. The smallest absolute Gasteiger partial charge is 0.381 e. The Bertz CT molecular complexity index is 686. The van der Waals surface area contributed by atoms with Gasteiger partial charge in [0.1, 0.15) is 0 Å². The Hall–Kier alpha value is 0.0300. The second-order valence-electron chi connectivity index (χ2n) is 14.5. The van der Waals surface area contributed by atoms with Gasteiger partial charge in [-0.2, -0.15) is 0 Å². The molecule has 3 rings (SSSR count). The Morgan fingerprint density at radius 3 is 1.61 bits per heavy atom. The number of hydrogen-bond acceptors (Lipinski definition) is 4. The molecule has 3 heterocycles. The maximum atomic E-state index is 12.4. The summed E-state index contributed by atoms with van der Waals surface area (Å²) in [4.78, 5) is 10.2. The summed E-state index contributed by atoms with van der Waals surface area (Å²) in [7, 11) is -3.99. The third-order valence-corrected chi connectivity index (χ3v) is 11.5. The van der Waals surface area contributed by atoms with Crippen molar-refractivity contribution in [1.29, 1.82) is 0 Å². The Kier molecular flexibility index (Phi) is 23.8. The summed E-state index contributed by atoms with van der Waals surface area (Å²) in [5.41, 5.74) is 0. The van der Waals surface area contributed by atoms with E-state index in [9.17, 15) is 9.46 Å². The van der Waals surface area contributed by atoms with Crippen LogP contribution >= 0.6 is 7.82 Å². The molecule has 2 bridgehead atoms. The van der Waals surface area contributed by atoms with Gasteiger partial charge in [0.25, 0.3) is 0 Å². The molecule has 262 valence electrons. The number of unbranched alkanes of at least 4 members (excludes halogenated alkanes) is 18. The van der Waals surface area contributed by atoms with E-state index in [1.54, 1.807) is 0 Å². The number of fused-ring (bicyclic) bond motifs is 3. The van der Waals surface area contributed by atoms with Crippen LogP contribution in [0.2, 0.25) is 0 Å². The fraction of sp³-hybridized carbons (Fsp3) is 1.00. The summed E-state index contributed by atoms with van der Waals surface area (Å²) in [5, 5.41) is 0. The molecule has 3 fully saturated rings. The van der Waals surface area contributed by atoms with Crippen LogP contribution in [0.25, 0.3) is 0 Å². The highest BCUT2D eigenvalue weighted by atomic mass is 31.2. The van der Waals surface area contributed by atoms with Gasteiger partial charge in [-0.25, -0.2) is 4.57 Å². The quantitative estimate of drug-likeness (QED) is 0.0448. The van der Waals surface area contributed by atoms with Gasteiger partial charge in [0.2, 0.25) is 0 Å². The average molecular weight is 645 g/mol. The third-order valence-electron chi connectivity index (χ3n) is 10.5. The van der Waals surface area contributed by atoms with Gasteiger partial charge in [0, 0.05) is 12.5 Å². The maximum Gasteiger partial charge on any atom is 0.472 e. The molecule has 2 atom stereocenters. The molecule has 0 aromatic heterocycles. The number of hydrogen-bond donors (Lipinski definition) is 1. The topological polar surface area (TPSA) is 65.0 Å². The van der Waals surface area contributed by atoms with E-state index >= 15 is 0 Å². The van der Waals surface area contributed by atoms with Crippen LogP contribution in [0.4, 0.5) is 0 Å². The number of nitrogens with zero attached hydrogens (tertiary/aromatic N) is 1. The fourth-order valence-corrected chi connectivity index (χ4v) is 8.25. The van der Waals surface area contributed by atoms with Crippen LogP contribution in [0.3, 0.4) is 0 Å². The molecule has 44 heavy (non-hydrogen) atoms. The lowest BCUT2D eigenvalue weighted by atomic mass is 9.85. The van der Waals surface area contributed by atoms with Crippen LogP contribution in [-0.2, 0) is 18.3 Å². The van der Waals surface area contributed by atoms with Gasteiger partial charge in [-0.15, -0.1) is 0 Å². The molecule has 1 N–H and O–H groups in total. The number of rotatable bonds is 32. The maximum absolute atomic E-state index is 12.4. The second kappa shape index (κ2) is 26.0. The molecule has 7 heteroatoms. The Morgan fingerprint density at radius 1 is 0.614 bits per heavy atom. The van der Waals surface area contributed by atoms with Crippen molar-refractivity contribution in [1.82, 2.24) is 0 Å². The summed E-state index contributed by atoms with van der Waals surface area (Å²) in [6.45, 7) is 12.0. The lowest BCUT2D eigenvalue weighted by molar-refractivity contribution is -0.942. The second-order valence-corrected chi connectivity index (χ2v) is 16.0. The minimum atomic E-state index is -3.99. The van der Waals surface area contributed by atoms with E-state index in [1.807, 2.05) is 0 Å². The first kappa shape index (κ1) is 40.2. The van der Waals surface area contributed by atoms with Gasteiger partial charge in [0.15, 0.2) is 0 Å². The van der Waals surface area contributed by atoms with E-state index in [-0.39, 0.29) is 12.5 Å². The molecule has 3 aliphatic rings. The van der Waals surface area contributed by atoms with E-state index in [2.05, 4.69) is 13.8 Å². The molecule has 3 aliphatic heterocycles. The highest BCUT2D eigenvalue weighted by molar-refractivity contribution is 7.47. The molecule has 0 aromatic carbocycles. The zero-order valence-corrected chi connectivity index (χ0v) is 30.4. The summed E-state index contributed by atoms with van der Waals surface area (Å²) in [5.74, 6) is 1.18. The summed E-state index contributed by atoms with van der Waals surface area (Å²) < 4.78 is 30.4. The molecule has 0 amide bonds. The first-order valence-electron chi connectivity index (χ1n) is 19.5. The highest BCUT2D eigenvalue weighted by Crippen LogP contribution is 2.44. The van der Waals surface area contributed by atoms with Gasteiger partial charge in [-0.05, 0) is 57.3 Å². The SMILES string of the molecule is CCCCCCCCCCCCCCCCOCC(CCC)COP(=O)(O)OCCCCCCCC[N+]12CCC(CC1)CC2. The predicted molar refractivity (Wildman–Crippen MR) is 186 cm³/mol. The van der Waals surface area contributed by atoms with Crippen molar-refractivity contribution in [3.8, 4) is 0 Å². The van der Waals surface area contributed by atoms with Crippen molar-refractivity contribution in [3.05, 3.63) is 0 Å². The van der Waals surface area contributed by atoms with E-state index in [4.69, 9.17) is 13.8 Å². The highest BCUT2D eigenvalue weighted by Gasteiger charge is 2.38. The van der Waals surface area contributed by atoms with Crippen molar-refractivity contribution in [2.75, 3.05) is 52.6 Å². The average Bonchev–Trinajstić information content (AvgIpc) is 3.03. The molecule has 0 aliphatic carbocycles. The van der Waals surface area contributed by atoms with Crippen LogP contribution in [0, 0.1) is 11.8 Å². The minimum Gasteiger partial charge on any atom is -0.381 e. The third kappa shape index (κ3) is 20.3. The monoisotopic (exact) mass is 645 g/mol. The fourth-order valence-electron chi connectivity index (χ4n) is 7.42. The summed E-state index contributed by atoms with van der Waals surface area (Å²) in [6, 6.07) is 0. The van der Waals surface area contributed by atoms with E-state index in [0.29, 0.717) is 13.2 Å². The zero-order chi connectivity index (χ0) is 31.6. The minimum absolute atomic E-state index is 0.137. The number of quaternary nitrogens is 1. The van der Waals surface area contributed by atoms with E-state index in [0.717, 1.165) is 44.6 Å². The molecule has 0 spiro atoms. The summed E-state index contributed by atoms with van der Waals surface area (Å²) >= 11 is 0. The zero-order valence-electron chi connectivity index (χ0n) is 29.5. The van der Waals surface area contributed by atoms with Crippen molar-refractivity contribution in [3.63, 3.8) is 0 Å². The molecule has 0 radical (unpaired) electrons. The molecular weight excluding hydrogens is 569 g/mol. The first-order chi connectivity index (χ1) is 21.5. The number of piperidine rings is 3. The molecule has 0 aromatic rings.